The smallest absolute Gasteiger partial charge is 0.237 e. The van der Waals surface area contributed by atoms with Gasteiger partial charge < -0.3 is 10.2 Å². The molecule has 0 aliphatic carbocycles. The lowest BCUT2D eigenvalue weighted by Gasteiger charge is -2.21. The molecule has 0 bridgehead atoms. The van der Waals surface area contributed by atoms with Gasteiger partial charge in [0.05, 0.1) is 0 Å². The molecule has 78 valence electrons. The lowest BCUT2D eigenvalue weighted by atomic mass is 9.86. The third-order valence-electron chi connectivity index (χ3n) is 3.10. The van der Waals surface area contributed by atoms with Gasteiger partial charge in [0.25, 0.3) is 0 Å². The summed E-state index contributed by atoms with van der Waals surface area (Å²) in [7, 11) is 0. The number of nitrogens with one attached hydrogen (secondary N) is 1. The summed E-state index contributed by atoms with van der Waals surface area (Å²) in [5.74, 6) is 0.116. The molecular formula is C9H13ClN2O2. The molecule has 1 N–H and O–H groups in total. The molecule has 1 atom stereocenters. The van der Waals surface area contributed by atoms with Crippen molar-refractivity contribution in [1.82, 2.24) is 10.2 Å². The van der Waals surface area contributed by atoms with E-state index in [9.17, 15) is 9.59 Å². The number of amides is 2. The Bertz CT molecular complexity index is 282. The molecular weight excluding hydrogens is 204 g/mol. The van der Waals surface area contributed by atoms with Crippen LogP contribution in [0.2, 0.25) is 0 Å². The molecule has 2 amide bonds. The molecule has 0 saturated carbocycles. The highest BCUT2D eigenvalue weighted by Gasteiger charge is 2.44. The Morgan fingerprint density at radius 1 is 1.64 bits per heavy atom. The largest absolute Gasteiger partial charge is 0.355 e. The quantitative estimate of drug-likeness (QED) is 0.626. The second-order valence-electron chi connectivity index (χ2n) is 4.15. The molecule has 0 aromatic rings. The van der Waals surface area contributed by atoms with Crippen LogP contribution in [0.15, 0.2) is 0 Å². The number of alkyl halides is 1. The molecule has 2 saturated heterocycles. The first kappa shape index (κ1) is 9.77. The molecule has 1 unspecified atom stereocenters. The Balaban J connectivity index is 2.00. The zero-order valence-corrected chi connectivity index (χ0v) is 8.64. The van der Waals surface area contributed by atoms with Gasteiger partial charge in [-0.1, -0.05) is 0 Å². The Hall–Kier alpha value is -0.770. The highest BCUT2D eigenvalue weighted by atomic mass is 35.5. The van der Waals surface area contributed by atoms with Gasteiger partial charge in [-0.25, -0.2) is 0 Å². The summed E-state index contributed by atoms with van der Waals surface area (Å²) in [5, 5.41) is 2.82. The fourth-order valence-corrected chi connectivity index (χ4v) is 2.44. The molecule has 0 aromatic heterocycles. The minimum atomic E-state index is -0.0251. The number of rotatable bonds is 1. The van der Waals surface area contributed by atoms with Crippen LogP contribution in [-0.2, 0) is 9.59 Å². The zero-order valence-electron chi connectivity index (χ0n) is 7.88. The van der Waals surface area contributed by atoms with Crippen molar-refractivity contribution in [2.24, 2.45) is 5.41 Å². The van der Waals surface area contributed by atoms with Crippen molar-refractivity contribution in [2.75, 3.05) is 25.5 Å². The van der Waals surface area contributed by atoms with Crippen molar-refractivity contribution in [3.63, 3.8) is 0 Å². The van der Waals surface area contributed by atoms with E-state index in [1.165, 1.54) is 0 Å². The first-order valence-corrected chi connectivity index (χ1v) is 5.29. The summed E-state index contributed by atoms with van der Waals surface area (Å²) in [6.07, 6.45) is 1.47. The maximum atomic E-state index is 11.3. The second kappa shape index (κ2) is 3.42. The van der Waals surface area contributed by atoms with Gasteiger partial charge in [-0.3, -0.25) is 9.59 Å². The van der Waals surface area contributed by atoms with Crippen molar-refractivity contribution in [3.05, 3.63) is 0 Å². The Morgan fingerprint density at radius 2 is 2.43 bits per heavy atom. The maximum absolute atomic E-state index is 11.3. The number of hydrogen-bond donors (Lipinski definition) is 1. The van der Waals surface area contributed by atoms with Crippen molar-refractivity contribution < 1.29 is 9.59 Å². The van der Waals surface area contributed by atoms with Gasteiger partial charge >= 0.3 is 0 Å². The molecule has 14 heavy (non-hydrogen) atoms. The van der Waals surface area contributed by atoms with E-state index in [2.05, 4.69) is 5.32 Å². The van der Waals surface area contributed by atoms with E-state index in [1.807, 2.05) is 0 Å². The van der Waals surface area contributed by atoms with Crippen molar-refractivity contribution in [2.45, 2.75) is 12.8 Å². The predicted molar refractivity (Wildman–Crippen MR) is 52.0 cm³/mol. The van der Waals surface area contributed by atoms with Crippen LogP contribution in [0.25, 0.3) is 0 Å². The first-order valence-electron chi connectivity index (χ1n) is 4.76. The highest BCUT2D eigenvalue weighted by Crippen LogP contribution is 2.36. The number of halogens is 1. The van der Waals surface area contributed by atoms with E-state index in [0.29, 0.717) is 19.5 Å². The van der Waals surface area contributed by atoms with E-state index in [0.717, 1.165) is 13.0 Å². The third kappa shape index (κ3) is 1.59. The molecule has 2 aliphatic rings. The molecule has 2 heterocycles. The summed E-state index contributed by atoms with van der Waals surface area (Å²) >= 11 is 5.48. The number of nitrogens with zero attached hydrogens (tertiary/aromatic N) is 1. The molecule has 0 aromatic carbocycles. The van der Waals surface area contributed by atoms with Crippen molar-refractivity contribution in [1.29, 1.82) is 0 Å². The van der Waals surface area contributed by atoms with Gasteiger partial charge in [0, 0.05) is 31.5 Å². The molecule has 0 radical (unpaired) electrons. The van der Waals surface area contributed by atoms with Crippen LogP contribution >= 0.6 is 11.6 Å². The van der Waals surface area contributed by atoms with E-state index in [4.69, 9.17) is 11.6 Å². The van der Waals surface area contributed by atoms with E-state index < -0.39 is 0 Å². The Morgan fingerprint density at radius 3 is 3.00 bits per heavy atom. The van der Waals surface area contributed by atoms with E-state index in [1.54, 1.807) is 4.90 Å². The Kier molecular flexibility index (Phi) is 2.39. The normalized spacial score (nSPS) is 31.2. The van der Waals surface area contributed by atoms with Crippen LogP contribution in [0, 0.1) is 5.41 Å². The molecule has 2 aliphatic heterocycles. The van der Waals surface area contributed by atoms with Gasteiger partial charge in [-0.15, -0.1) is 11.6 Å². The number of hydrogen-bond acceptors (Lipinski definition) is 2. The van der Waals surface area contributed by atoms with Crippen LogP contribution in [-0.4, -0.2) is 42.2 Å². The SMILES string of the molecule is O=C1CC2(CCN(C(=O)CCl)C2)CN1. The van der Waals surface area contributed by atoms with Gasteiger partial charge in [0.1, 0.15) is 5.88 Å². The minimum Gasteiger partial charge on any atom is -0.355 e. The highest BCUT2D eigenvalue weighted by molar-refractivity contribution is 6.27. The average molecular weight is 217 g/mol. The second-order valence-corrected chi connectivity index (χ2v) is 4.42. The fraction of sp³-hybridized carbons (Fsp3) is 0.778. The molecule has 1 spiro atoms. The van der Waals surface area contributed by atoms with Crippen LogP contribution < -0.4 is 5.32 Å². The van der Waals surface area contributed by atoms with Crippen LogP contribution in [0.4, 0.5) is 0 Å². The monoisotopic (exact) mass is 216 g/mol. The number of carbonyl (C=O) groups excluding carboxylic acids is 2. The summed E-state index contributed by atoms with van der Waals surface area (Å²) in [5.41, 5.74) is -0.00119. The number of carbonyl (C=O) groups is 2. The van der Waals surface area contributed by atoms with Gasteiger partial charge in [0.15, 0.2) is 0 Å². The lowest BCUT2D eigenvalue weighted by Crippen LogP contribution is -2.33. The third-order valence-corrected chi connectivity index (χ3v) is 3.33. The van der Waals surface area contributed by atoms with Crippen molar-refractivity contribution in [3.8, 4) is 0 Å². The van der Waals surface area contributed by atoms with Crippen LogP contribution in [0.1, 0.15) is 12.8 Å². The van der Waals surface area contributed by atoms with Crippen LogP contribution in [0.3, 0.4) is 0 Å². The fourth-order valence-electron chi connectivity index (χ4n) is 2.27. The topological polar surface area (TPSA) is 49.4 Å². The average Bonchev–Trinajstić information content (AvgIpc) is 2.74. The van der Waals surface area contributed by atoms with Crippen molar-refractivity contribution >= 4 is 23.4 Å². The van der Waals surface area contributed by atoms with E-state index >= 15 is 0 Å². The van der Waals surface area contributed by atoms with Gasteiger partial charge in [-0.05, 0) is 6.42 Å². The summed E-state index contributed by atoms with van der Waals surface area (Å²) in [6.45, 7) is 2.12. The summed E-state index contributed by atoms with van der Waals surface area (Å²) in [6, 6.07) is 0. The number of likely N-dealkylation sites (tertiary alicyclic amines) is 1. The molecule has 2 fully saturated rings. The Labute approximate surface area is 87.6 Å². The lowest BCUT2D eigenvalue weighted by molar-refractivity contribution is -0.128. The standard InChI is InChI=1S/C9H13ClN2O2/c10-4-8(14)12-2-1-9(6-12)3-7(13)11-5-9/h1-6H2,(H,11,13). The van der Waals surface area contributed by atoms with E-state index in [-0.39, 0.29) is 23.1 Å². The minimum absolute atomic E-state index is 0.00119. The molecule has 4 nitrogen and oxygen atoms in total. The summed E-state index contributed by atoms with van der Waals surface area (Å²) < 4.78 is 0. The summed E-state index contributed by atoms with van der Waals surface area (Å²) in [4.78, 5) is 24.2. The zero-order chi connectivity index (χ0) is 10.2. The predicted octanol–water partition coefficient (Wildman–Crippen LogP) is -0.0362. The molecule has 2 rings (SSSR count). The maximum Gasteiger partial charge on any atom is 0.237 e. The van der Waals surface area contributed by atoms with Crippen LogP contribution in [0.5, 0.6) is 0 Å². The first-order chi connectivity index (χ1) is 6.65. The van der Waals surface area contributed by atoms with Gasteiger partial charge in [-0.2, -0.15) is 0 Å². The molecule has 5 heteroatoms. The van der Waals surface area contributed by atoms with Gasteiger partial charge in [0.2, 0.25) is 11.8 Å².